The average molecular weight is 515 g/mol. The highest BCUT2D eigenvalue weighted by molar-refractivity contribution is 6.31. The van der Waals surface area contributed by atoms with Crippen LogP contribution in [0.3, 0.4) is 0 Å². The lowest BCUT2D eigenvalue weighted by molar-refractivity contribution is -0.383. The van der Waals surface area contributed by atoms with E-state index in [1.54, 1.807) is 36.4 Å². The van der Waals surface area contributed by atoms with E-state index in [4.69, 9.17) is 16.3 Å². The van der Waals surface area contributed by atoms with Gasteiger partial charge in [-0.05, 0) is 36.2 Å². The number of aliphatic imine (C=N–C) groups is 1. The maximum absolute atomic E-state index is 13.3. The summed E-state index contributed by atoms with van der Waals surface area (Å²) in [6.07, 6.45) is -0.226. The van der Waals surface area contributed by atoms with Crippen LogP contribution in [0.25, 0.3) is 10.9 Å². The molecule has 0 saturated heterocycles. The number of amides is 2. The molecule has 2 unspecified atom stereocenters. The van der Waals surface area contributed by atoms with Crippen LogP contribution in [0.4, 0.5) is 5.69 Å². The number of nitro groups is 1. The van der Waals surface area contributed by atoms with Crippen LogP contribution in [0.1, 0.15) is 32.0 Å². The molecule has 6 rings (SSSR count). The van der Waals surface area contributed by atoms with Gasteiger partial charge in [-0.1, -0.05) is 54.1 Å². The van der Waals surface area contributed by atoms with Crippen LogP contribution in [0, 0.1) is 10.1 Å². The number of ether oxygens (including phenoxy) is 1. The molecule has 2 aliphatic heterocycles. The zero-order chi connectivity index (χ0) is 25.7. The molecule has 0 aliphatic carbocycles. The van der Waals surface area contributed by atoms with Crippen LogP contribution < -0.4 is 0 Å². The summed E-state index contributed by atoms with van der Waals surface area (Å²) in [4.78, 5) is 46.5. The topological polar surface area (TPSA) is 118 Å². The van der Waals surface area contributed by atoms with E-state index in [1.807, 2.05) is 30.3 Å². The maximum atomic E-state index is 13.3. The van der Waals surface area contributed by atoms with Crippen molar-refractivity contribution in [1.29, 1.82) is 0 Å². The predicted octanol–water partition coefficient (Wildman–Crippen LogP) is 4.78. The normalized spacial score (nSPS) is 17.6. The molecule has 0 saturated carbocycles. The number of rotatable bonds is 6. The van der Waals surface area contributed by atoms with E-state index in [-0.39, 0.29) is 35.0 Å². The highest BCUT2D eigenvalue weighted by atomic mass is 35.5. The van der Waals surface area contributed by atoms with Gasteiger partial charge in [-0.3, -0.25) is 24.6 Å². The number of imide groups is 1. The summed E-state index contributed by atoms with van der Waals surface area (Å²) in [5.41, 5.74) is 2.27. The second kappa shape index (κ2) is 8.86. The lowest BCUT2D eigenvalue weighted by atomic mass is 9.99. The molecule has 0 radical (unpaired) electrons. The Morgan fingerprint density at radius 2 is 1.73 bits per heavy atom. The Kier molecular flexibility index (Phi) is 5.49. The van der Waals surface area contributed by atoms with Crippen molar-refractivity contribution in [3.63, 3.8) is 0 Å². The van der Waals surface area contributed by atoms with Gasteiger partial charge in [-0.2, -0.15) is 0 Å². The smallest absolute Gasteiger partial charge is 0.294 e. The number of carbonyl (C=O) groups is 2. The summed E-state index contributed by atoms with van der Waals surface area (Å²) in [5, 5.41) is 12.3. The number of nitro benzene ring substituents is 1. The monoisotopic (exact) mass is 514 g/mol. The van der Waals surface area contributed by atoms with Gasteiger partial charge < -0.3 is 9.72 Å². The van der Waals surface area contributed by atoms with Gasteiger partial charge in [0.25, 0.3) is 17.5 Å². The molecule has 9 nitrogen and oxygen atoms in total. The standard InChI is InChI=1S/C27H19ClN4O5/c28-17-11-16-12-20(30-24(16)22(13-17)32(35)36)25-29-14-23(37-25)21(10-15-6-2-1-3-7-15)31-26(33)18-8-4-5-9-19(18)27(31)34/h1-9,11-13,21,23,30H,10,14H2. The van der Waals surface area contributed by atoms with Gasteiger partial charge in [0.15, 0.2) is 0 Å². The number of benzene rings is 3. The fraction of sp³-hybridized carbons (Fsp3) is 0.148. The predicted molar refractivity (Wildman–Crippen MR) is 137 cm³/mol. The van der Waals surface area contributed by atoms with Gasteiger partial charge in [0.2, 0.25) is 5.90 Å². The van der Waals surface area contributed by atoms with E-state index in [9.17, 15) is 19.7 Å². The molecule has 0 fully saturated rings. The number of H-pyrrole nitrogens is 1. The number of carbonyl (C=O) groups excluding carboxylic acids is 2. The summed E-state index contributed by atoms with van der Waals surface area (Å²) in [5.74, 6) is -0.481. The Hall–Kier alpha value is -4.50. The second-order valence-corrected chi connectivity index (χ2v) is 9.35. The van der Waals surface area contributed by atoms with Crippen LogP contribution in [0.2, 0.25) is 5.02 Å². The molecule has 37 heavy (non-hydrogen) atoms. The van der Waals surface area contributed by atoms with E-state index in [2.05, 4.69) is 9.98 Å². The molecule has 0 bridgehead atoms. The fourth-order valence-corrected chi connectivity index (χ4v) is 5.16. The Bertz CT molecular complexity index is 1580. The second-order valence-electron chi connectivity index (χ2n) is 8.91. The molecule has 3 heterocycles. The maximum Gasteiger partial charge on any atom is 0.294 e. The number of non-ortho nitro benzene ring substituents is 1. The molecule has 4 aromatic rings. The Morgan fingerprint density at radius 3 is 2.41 bits per heavy atom. The number of hydrogen-bond acceptors (Lipinski definition) is 6. The molecule has 1 N–H and O–H groups in total. The van der Waals surface area contributed by atoms with Crippen molar-refractivity contribution in [3.8, 4) is 0 Å². The van der Waals surface area contributed by atoms with Gasteiger partial charge in [-0.15, -0.1) is 0 Å². The number of aromatic nitrogens is 1. The molecule has 2 atom stereocenters. The Balaban J connectivity index is 1.33. The fourth-order valence-electron chi connectivity index (χ4n) is 4.94. The van der Waals surface area contributed by atoms with Crippen molar-refractivity contribution in [2.24, 2.45) is 4.99 Å². The molecule has 10 heteroatoms. The molecular weight excluding hydrogens is 496 g/mol. The van der Waals surface area contributed by atoms with Crippen LogP contribution in [-0.4, -0.2) is 51.2 Å². The van der Waals surface area contributed by atoms with Crippen molar-refractivity contribution in [2.75, 3.05) is 6.54 Å². The molecule has 0 spiro atoms. The number of fused-ring (bicyclic) bond motifs is 2. The van der Waals surface area contributed by atoms with Gasteiger partial charge in [0, 0.05) is 16.5 Å². The summed E-state index contributed by atoms with van der Waals surface area (Å²) in [7, 11) is 0. The SMILES string of the molecule is O=C1c2ccccc2C(=O)N1C(Cc1ccccc1)C1CN=C(c2cc3cc(Cl)cc([N+](=O)[O-])c3[nH]2)O1. The van der Waals surface area contributed by atoms with E-state index in [0.717, 1.165) is 5.56 Å². The number of nitrogens with zero attached hydrogens (tertiary/aromatic N) is 3. The first kappa shape index (κ1) is 22.9. The molecule has 2 amide bonds. The third-order valence-corrected chi connectivity index (χ3v) is 6.87. The third kappa shape index (κ3) is 3.93. The highest BCUT2D eigenvalue weighted by Crippen LogP contribution is 2.33. The van der Waals surface area contributed by atoms with Crippen molar-refractivity contribution in [2.45, 2.75) is 18.6 Å². The van der Waals surface area contributed by atoms with Crippen molar-refractivity contribution in [1.82, 2.24) is 9.88 Å². The van der Waals surface area contributed by atoms with Gasteiger partial charge >= 0.3 is 0 Å². The quantitative estimate of drug-likeness (QED) is 0.226. The third-order valence-electron chi connectivity index (χ3n) is 6.65. The first-order valence-electron chi connectivity index (χ1n) is 11.6. The molecular formula is C27H19ClN4O5. The minimum atomic E-state index is -0.621. The van der Waals surface area contributed by atoms with Gasteiger partial charge in [0.1, 0.15) is 17.3 Å². The molecule has 1 aromatic heterocycles. The van der Waals surface area contributed by atoms with Crippen LogP contribution >= 0.6 is 11.6 Å². The average Bonchev–Trinajstić information content (AvgIpc) is 3.60. The summed E-state index contributed by atoms with van der Waals surface area (Å²) in [6, 6.07) is 20.3. The van der Waals surface area contributed by atoms with Crippen LogP contribution in [0.15, 0.2) is 77.8 Å². The van der Waals surface area contributed by atoms with Gasteiger partial charge in [0.05, 0.1) is 28.6 Å². The van der Waals surface area contributed by atoms with Crippen molar-refractivity contribution in [3.05, 3.63) is 110 Å². The van der Waals surface area contributed by atoms with E-state index in [0.29, 0.717) is 34.1 Å². The molecule has 2 aliphatic rings. The van der Waals surface area contributed by atoms with Crippen molar-refractivity contribution >= 4 is 45.9 Å². The van der Waals surface area contributed by atoms with Crippen molar-refractivity contribution < 1.29 is 19.2 Å². The summed E-state index contributed by atoms with van der Waals surface area (Å²) in [6.45, 7) is 0.207. The van der Waals surface area contributed by atoms with E-state index >= 15 is 0 Å². The minimum absolute atomic E-state index is 0.156. The molecule has 184 valence electrons. The summed E-state index contributed by atoms with van der Waals surface area (Å²) < 4.78 is 6.22. The minimum Gasteiger partial charge on any atom is -0.469 e. The molecule has 3 aromatic carbocycles. The number of aromatic amines is 1. The number of hydrogen-bond donors (Lipinski definition) is 1. The number of halogens is 1. The highest BCUT2D eigenvalue weighted by Gasteiger charge is 2.45. The van der Waals surface area contributed by atoms with Crippen LogP contribution in [0.5, 0.6) is 0 Å². The van der Waals surface area contributed by atoms with E-state index in [1.165, 1.54) is 11.0 Å². The zero-order valence-corrected chi connectivity index (χ0v) is 20.0. The zero-order valence-electron chi connectivity index (χ0n) is 19.3. The Morgan fingerprint density at radius 1 is 1.05 bits per heavy atom. The number of nitrogens with one attached hydrogen (secondary N) is 1. The van der Waals surface area contributed by atoms with Gasteiger partial charge in [-0.25, -0.2) is 4.99 Å². The first-order chi connectivity index (χ1) is 17.9. The Labute approximate surface area is 215 Å². The lowest BCUT2D eigenvalue weighted by Crippen LogP contribution is -2.49. The first-order valence-corrected chi connectivity index (χ1v) is 12.0. The van der Waals surface area contributed by atoms with E-state index < -0.39 is 17.1 Å². The lowest BCUT2D eigenvalue weighted by Gasteiger charge is -2.30. The summed E-state index contributed by atoms with van der Waals surface area (Å²) >= 11 is 6.07. The largest absolute Gasteiger partial charge is 0.469 e. The van der Waals surface area contributed by atoms with Crippen LogP contribution in [-0.2, 0) is 11.2 Å².